The van der Waals surface area contributed by atoms with Crippen LogP contribution in [0.25, 0.3) is 11.0 Å². The molecule has 3 rings (SSSR count). The van der Waals surface area contributed by atoms with E-state index in [-0.39, 0.29) is 5.91 Å². The first kappa shape index (κ1) is 12.5. The summed E-state index contributed by atoms with van der Waals surface area (Å²) in [5.41, 5.74) is 2.75. The van der Waals surface area contributed by atoms with Crippen LogP contribution in [0, 0.1) is 6.92 Å². The molecule has 2 aromatic rings. The normalized spacial score (nSPS) is 16.2. The van der Waals surface area contributed by atoms with Crippen molar-refractivity contribution >= 4 is 28.7 Å². The average molecular weight is 279 g/mol. The highest BCUT2D eigenvalue weighted by Gasteiger charge is 2.18. The summed E-state index contributed by atoms with van der Waals surface area (Å²) in [6.45, 7) is 3.96. The van der Waals surface area contributed by atoms with E-state index in [9.17, 15) is 4.79 Å². The maximum absolute atomic E-state index is 12.2. The fourth-order valence-corrected chi connectivity index (χ4v) is 3.27. The molecule has 0 spiro atoms. The van der Waals surface area contributed by atoms with Crippen LogP contribution in [0.1, 0.15) is 5.69 Å². The minimum atomic E-state index is 0.152. The Morgan fingerprint density at radius 3 is 2.79 bits per heavy atom. The van der Waals surface area contributed by atoms with Gasteiger partial charge in [0, 0.05) is 31.6 Å². The topological polar surface area (TPSA) is 56.0 Å². The van der Waals surface area contributed by atoms with Crippen molar-refractivity contribution in [2.24, 2.45) is 7.05 Å². The number of aromatic nitrogens is 4. The van der Waals surface area contributed by atoms with Crippen LogP contribution in [-0.4, -0.2) is 55.0 Å². The SMILES string of the molecule is Cc1nn(C)c2cn(CC(=O)N3CCSCC3)nc12. The minimum absolute atomic E-state index is 0.152. The standard InChI is InChI=1S/C12H17N5OS/c1-9-12-10(15(2)13-9)7-17(14-12)8-11(18)16-3-5-19-6-4-16/h7H,3-6,8H2,1-2H3. The van der Waals surface area contributed by atoms with Gasteiger partial charge in [-0.25, -0.2) is 0 Å². The second kappa shape index (κ2) is 4.88. The van der Waals surface area contributed by atoms with Gasteiger partial charge < -0.3 is 4.90 Å². The third-order valence-electron chi connectivity index (χ3n) is 3.39. The number of thioether (sulfide) groups is 1. The molecule has 0 aromatic carbocycles. The molecule has 1 amide bonds. The molecular formula is C12H17N5OS. The van der Waals surface area contributed by atoms with E-state index in [1.54, 1.807) is 9.36 Å². The lowest BCUT2D eigenvalue weighted by molar-refractivity contribution is -0.131. The molecule has 6 nitrogen and oxygen atoms in total. The van der Waals surface area contributed by atoms with Crippen molar-refractivity contribution in [1.29, 1.82) is 0 Å². The first-order valence-electron chi connectivity index (χ1n) is 6.37. The molecule has 0 atom stereocenters. The van der Waals surface area contributed by atoms with E-state index < -0.39 is 0 Å². The Labute approximate surface area is 115 Å². The molecule has 19 heavy (non-hydrogen) atoms. The molecule has 0 aliphatic carbocycles. The third kappa shape index (κ3) is 2.34. The van der Waals surface area contributed by atoms with Crippen molar-refractivity contribution in [3.05, 3.63) is 11.9 Å². The molecule has 1 aliphatic rings. The maximum atomic E-state index is 12.2. The quantitative estimate of drug-likeness (QED) is 0.810. The highest BCUT2D eigenvalue weighted by Crippen LogP contribution is 2.15. The molecule has 7 heteroatoms. The van der Waals surface area contributed by atoms with Crippen molar-refractivity contribution in [1.82, 2.24) is 24.5 Å². The first-order valence-corrected chi connectivity index (χ1v) is 7.53. The zero-order valence-corrected chi connectivity index (χ0v) is 12.0. The fraction of sp³-hybridized carbons (Fsp3) is 0.583. The molecule has 1 aliphatic heterocycles. The summed E-state index contributed by atoms with van der Waals surface area (Å²) in [5.74, 6) is 2.23. The number of nitrogens with zero attached hydrogens (tertiary/aromatic N) is 5. The molecule has 102 valence electrons. The van der Waals surface area contributed by atoms with Crippen LogP contribution in [0.2, 0.25) is 0 Å². The van der Waals surface area contributed by atoms with E-state index in [1.807, 2.05) is 36.8 Å². The maximum Gasteiger partial charge on any atom is 0.244 e. The molecule has 0 bridgehead atoms. The van der Waals surface area contributed by atoms with Gasteiger partial charge in [0.15, 0.2) is 0 Å². The average Bonchev–Trinajstić information content (AvgIpc) is 2.93. The van der Waals surface area contributed by atoms with Crippen molar-refractivity contribution in [3.63, 3.8) is 0 Å². The molecule has 0 saturated carbocycles. The molecule has 2 aromatic heterocycles. The Kier molecular flexibility index (Phi) is 3.22. The number of carbonyl (C=O) groups excluding carboxylic acids is 1. The predicted octanol–water partition coefficient (Wildman–Crippen LogP) is 0.654. The van der Waals surface area contributed by atoms with E-state index in [0.29, 0.717) is 6.54 Å². The fourth-order valence-electron chi connectivity index (χ4n) is 2.36. The molecule has 1 saturated heterocycles. The largest absolute Gasteiger partial charge is 0.339 e. The van der Waals surface area contributed by atoms with Crippen LogP contribution in [0.5, 0.6) is 0 Å². The molecule has 0 radical (unpaired) electrons. The van der Waals surface area contributed by atoms with E-state index >= 15 is 0 Å². The number of hydrogen-bond donors (Lipinski definition) is 0. The summed E-state index contributed by atoms with van der Waals surface area (Å²) in [4.78, 5) is 14.1. The molecule has 0 unspecified atom stereocenters. The zero-order chi connectivity index (χ0) is 13.4. The third-order valence-corrected chi connectivity index (χ3v) is 4.34. The van der Waals surface area contributed by atoms with Gasteiger partial charge in [-0.05, 0) is 6.92 Å². The van der Waals surface area contributed by atoms with E-state index in [0.717, 1.165) is 41.3 Å². The summed E-state index contributed by atoms with van der Waals surface area (Å²) in [6, 6.07) is 0. The number of fused-ring (bicyclic) bond motifs is 1. The summed E-state index contributed by atoms with van der Waals surface area (Å²) >= 11 is 1.90. The number of rotatable bonds is 2. The number of aryl methyl sites for hydroxylation is 2. The predicted molar refractivity (Wildman–Crippen MR) is 75.1 cm³/mol. The van der Waals surface area contributed by atoms with Crippen LogP contribution >= 0.6 is 11.8 Å². The smallest absolute Gasteiger partial charge is 0.244 e. The lowest BCUT2D eigenvalue weighted by atomic mass is 10.4. The Morgan fingerprint density at radius 2 is 2.11 bits per heavy atom. The monoisotopic (exact) mass is 279 g/mol. The van der Waals surface area contributed by atoms with Gasteiger partial charge in [0.2, 0.25) is 5.91 Å². The minimum Gasteiger partial charge on any atom is -0.339 e. The second-order valence-corrected chi connectivity index (χ2v) is 5.99. The lowest BCUT2D eigenvalue weighted by Gasteiger charge is -2.26. The molecule has 0 N–H and O–H groups in total. The number of amides is 1. The Balaban J connectivity index is 1.77. The van der Waals surface area contributed by atoms with Gasteiger partial charge in [-0.3, -0.25) is 14.2 Å². The van der Waals surface area contributed by atoms with Crippen molar-refractivity contribution < 1.29 is 4.79 Å². The number of hydrogen-bond acceptors (Lipinski definition) is 4. The second-order valence-electron chi connectivity index (χ2n) is 4.76. The molecule has 3 heterocycles. The van der Waals surface area contributed by atoms with Crippen LogP contribution in [-0.2, 0) is 18.4 Å². The van der Waals surface area contributed by atoms with Gasteiger partial charge in [-0.2, -0.15) is 22.0 Å². The molecule has 1 fully saturated rings. The summed E-state index contributed by atoms with van der Waals surface area (Å²) in [5, 5.41) is 8.75. The van der Waals surface area contributed by atoms with Gasteiger partial charge in [0.05, 0.1) is 11.9 Å². The van der Waals surface area contributed by atoms with Crippen LogP contribution < -0.4 is 0 Å². The number of carbonyl (C=O) groups is 1. The highest BCUT2D eigenvalue weighted by atomic mass is 32.2. The summed E-state index contributed by atoms with van der Waals surface area (Å²) in [7, 11) is 1.89. The van der Waals surface area contributed by atoms with E-state index in [2.05, 4.69) is 10.2 Å². The first-order chi connectivity index (χ1) is 9.15. The zero-order valence-electron chi connectivity index (χ0n) is 11.2. The van der Waals surface area contributed by atoms with Crippen LogP contribution in [0.15, 0.2) is 6.20 Å². The van der Waals surface area contributed by atoms with Crippen molar-refractivity contribution in [2.45, 2.75) is 13.5 Å². The highest BCUT2D eigenvalue weighted by molar-refractivity contribution is 7.99. The van der Waals surface area contributed by atoms with Crippen molar-refractivity contribution in [3.8, 4) is 0 Å². The Bertz CT molecular complexity index is 576. The molecular weight excluding hydrogens is 262 g/mol. The van der Waals surface area contributed by atoms with Gasteiger partial charge in [0.1, 0.15) is 17.6 Å². The van der Waals surface area contributed by atoms with Gasteiger partial charge in [-0.15, -0.1) is 0 Å². The van der Waals surface area contributed by atoms with Crippen LogP contribution in [0.3, 0.4) is 0 Å². The van der Waals surface area contributed by atoms with Gasteiger partial charge >= 0.3 is 0 Å². The Morgan fingerprint density at radius 1 is 1.37 bits per heavy atom. The summed E-state index contributed by atoms with van der Waals surface area (Å²) in [6.07, 6.45) is 1.89. The van der Waals surface area contributed by atoms with Crippen molar-refractivity contribution in [2.75, 3.05) is 24.6 Å². The Hall–Kier alpha value is -1.50. The summed E-state index contributed by atoms with van der Waals surface area (Å²) < 4.78 is 3.53. The lowest BCUT2D eigenvalue weighted by Crippen LogP contribution is -2.39. The van der Waals surface area contributed by atoms with E-state index in [1.165, 1.54) is 0 Å². The van der Waals surface area contributed by atoms with Gasteiger partial charge in [0.25, 0.3) is 0 Å². The van der Waals surface area contributed by atoms with Crippen LogP contribution in [0.4, 0.5) is 0 Å². The van der Waals surface area contributed by atoms with Gasteiger partial charge in [-0.1, -0.05) is 0 Å². The van der Waals surface area contributed by atoms with E-state index in [4.69, 9.17) is 0 Å².